The van der Waals surface area contributed by atoms with E-state index in [-0.39, 0.29) is 5.69 Å². The van der Waals surface area contributed by atoms with E-state index in [2.05, 4.69) is 5.32 Å². The maximum atomic E-state index is 12.5. The average molecular weight is 358 g/mol. The Hall–Kier alpha value is -2.21. The van der Waals surface area contributed by atoms with Crippen LogP contribution in [0.15, 0.2) is 48.5 Å². The van der Waals surface area contributed by atoms with Gasteiger partial charge in [0.05, 0.1) is 5.56 Å². The van der Waals surface area contributed by atoms with Crippen LogP contribution in [0.5, 0.6) is 5.75 Å². The molecule has 0 fully saturated rings. The molecule has 3 nitrogen and oxygen atoms in total. The quantitative estimate of drug-likeness (QED) is 0.803. The highest BCUT2D eigenvalue weighted by atomic mass is 35.5. The zero-order valence-electron chi connectivity index (χ0n) is 12.7. The Balaban J connectivity index is 2.04. The van der Waals surface area contributed by atoms with Crippen molar-refractivity contribution >= 4 is 23.2 Å². The summed E-state index contributed by atoms with van der Waals surface area (Å²) in [5, 5.41) is 3.02. The Morgan fingerprint density at radius 1 is 1.21 bits per heavy atom. The standard InChI is InChI=1S/C17H15ClF3NO2/c1-2-15(24-14-5-3-4-12(18)10-14)16(23)22-13-8-6-11(7-9-13)17(19,20)21/h3-10,15H,2H2,1H3,(H,22,23). The lowest BCUT2D eigenvalue weighted by atomic mass is 10.2. The van der Waals surface area contributed by atoms with E-state index in [9.17, 15) is 18.0 Å². The SMILES string of the molecule is CCC(Oc1cccc(Cl)c1)C(=O)Nc1ccc(C(F)(F)F)cc1. The molecular formula is C17H15ClF3NO2. The van der Waals surface area contributed by atoms with Crippen molar-refractivity contribution in [2.45, 2.75) is 25.6 Å². The number of amides is 1. The zero-order valence-corrected chi connectivity index (χ0v) is 13.5. The number of rotatable bonds is 5. The minimum atomic E-state index is -4.41. The summed E-state index contributed by atoms with van der Waals surface area (Å²) < 4.78 is 43.1. The van der Waals surface area contributed by atoms with Crippen LogP contribution in [-0.2, 0) is 11.0 Å². The number of carbonyl (C=O) groups is 1. The highest BCUT2D eigenvalue weighted by Gasteiger charge is 2.30. The fourth-order valence-corrected chi connectivity index (χ4v) is 2.17. The van der Waals surface area contributed by atoms with Crippen LogP contribution in [0.4, 0.5) is 18.9 Å². The second-order valence-electron chi connectivity index (χ2n) is 5.04. The Morgan fingerprint density at radius 3 is 2.42 bits per heavy atom. The van der Waals surface area contributed by atoms with Gasteiger partial charge in [0.15, 0.2) is 6.10 Å². The molecule has 2 aromatic rings. The van der Waals surface area contributed by atoms with Crippen molar-refractivity contribution in [1.29, 1.82) is 0 Å². The van der Waals surface area contributed by atoms with Crippen LogP contribution in [0.2, 0.25) is 5.02 Å². The first kappa shape index (κ1) is 18.1. The van der Waals surface area contributed by atoms with E-state index in [0.29, 0.717) is 17.2 Å². The Labute approximate surface area is 142 Å². The van der Waals surface area contributed by atoms with Gasteiger partial charge in [-0.2, -0.15) is 13.2 Å². The first-order chi connectivity index (χ1) is 11.3. The molecule has 128 valence electrons. The zero-order chi connectivity index (χ0) is 17.7. The molecule has 2 rings (SSSR count). The van der Waals surface area contributed by atoms with E-state index in [1.807, 2.05) is 0 Å². The molecule has 1 unspecified atom stereocenters. The van der Waals surface area contributed by atoms with Gasteiger partial charge in [0.2, 0.25) is 0 Å². The lowest BCUT2D eigenvalue weighted by Gasteiger charge is -2.17. The molecule has 7 heteroatoms. The van der Waals surface area contributed by atoms with Gasteiger partial charge in [-0.1, -0.05) is 24.6 Å². The summed E-state index contributed by atoms with van der Waals surface area (Å²) in [4.78, 5) is 12.2. The summed E-state index contributed by atoms with van der Waals surface area (Å²) in [7, 11) is 0. The van der Waals surface area contributed by atoms with E-state index in [1.165, 1.54) is 12.1 Å². The highest BCUT2D eigenvalue weighted by Crippen LogP contribution is 2.30. The van der Waals surface area contributed by atoms with E-state index in [0.717, 1.165) is 12.1 Å². The summed E-state index contributed by atoms with van der Waals surface area (Å²) in [6.45, 7) is 1.77. The number of ether oxygens (including phenoxy) is 1. The van der Waals surface area contributed by atoms with Gasteiger partial charge >= 0.3 is 6.18 Å². The summed E-state index contributed by atoms with van der Waals surface area (Å²) >= 11 is 5.86. The highest BCUT2D eigenvalue weighted by molar-refractivity contribution is 6.30. The third-order valence-electron chi connectivity index (χ3n) is 3.22. The smallest absolute Gasteiger partial charge is 0.416 e. The van der Waals surface area contributed by atoms with Crippen LogP contribution < -0.4 is 10.1 Å². The third-order valence-corrected chi connectivity index (χ3v) is 3.45. The van der Waals surface area contributed by atoms with Gasteiger partial charge in [0.25, 0.3) is 5.91 Å². The Kier molecular flexibility index (Phi) is 5.72. The normalized spacial score (nSPS) is 12.5. The number of benzene rings is 2. The maximum Gasteiger partial charge on any atom is 0.416 e. The second kappa shape index (κ2) is 7.57. The van der Waals surface area contributed by atoms with Gasteiger partial charge in [0, 0.05) is 10.7 Å². The summed E-state index contributed by atoms with van der Waals surface area (Å²) in [6.07, 6.45) is -4.81. The Morgan fingerprint density at radius 2 is 1.88 bits per heavy atom. The van der Waals surface area contributed by atoms with Gasteiger partial charge < -0.3 is 10.1 Å². The molecule has 0 aliphatic carbocycles. The first-order valence-corrected chi connectivity index (χ1v) is 7.57. The van der Waals surface area contributed by atoms with E-state index in [4.69, 9.17) is 16.3 Å². The minimum absolute atomic E-state index is 0.265. The number of anilines is 1. The first-order valence-electron chi connectivity index (χ1n) is 7.20. The van der Waals surface area contributed by atoms with Gasteiger partial charge in [0.1, 0.15) is 5.75 Å². The molecule has 0 spiro atoms. The van der Waals surface area contributed by atoms with Crippen molar-refractivity contribution in [1.82, 2.24) is 0 Å². The molecule has 0 aromatic heterocycles. The van der Waals surface area contributed by atoms with Crippen molar-refractivity contribution in [2.24, 2.45) is 0 Å². The number of hydrogen-bond acceptors (Lipinski definition) is 2. The monoisotopic (exact) mass is 357 g/mol. The molecule has 1 N–H and O–H groups in total. The summed E-state index contributed by atoms with van der Waals surface area (Å²) in [5.74, 6) is -0.00541. The summed E-state index contributed by atoms with van der Waals surface area (Å²) in [5.41, 5.74) is -0.510. The van der Waals surface area contributed by atoms with Crippen molar-refractivity contribution in [2.75, 3.05) is 5.32 Å². The Bertz CT molecular complexity index is 702. The van der Waals surface area contributed by atoms with Crippen molar-refractivity contribution in [3.63, 3.8) is 0 Å². The molecule has 0 aliphatic heterocycles. The van der Waals surface area contributed by atoms with Gasteiger partial charge in [-0.15, -0.1) is 0 Å². The molecule has 0 saturated carbocycles. The fourth-order valence-electron chi connectivity index (χ4n) is 1.99. The van der Waals surface area contributed by atoms with Gasteiger partial charge in [-0.25, -0.2) is 0 Å². The fraction of sp³-hybridized carbons (Fsp3) is 0.235. The van der Waals surface area contributed by atoms with Crippen LogP contribution in [0.1, 0.15) is 18.9 Å². The molecule has 0 aliphatic rings. The molecule has 24 heavy (non-hydrogen) atoms. The molecule has 0 radical (unpaired) electrons. The molecule has 1 amide bonds. The van der Waals surface area contributed by atoms with Crippen LogP contribution in [0.3, 0.4) is 0 Å². The minimum Gasteiger partial charge on any atom is -0.481 e. The average Bonchev–Trinajstić information content (AvgIpc) is 2.52. The maximum absolute atomic E-state index is 12.5. The van der Waals surface area contributed by atoms with E-state index >= 15 is 0 Å². The number of alkyl halides is 3. The van der Waals surface area contributed by atoms with Crippen LogP contribution >= 0.6 is 11.6 Å². The van der Waals surface area contributed by atoms with Crippen molar-refractivity contribution in [3.8, 4) is 5.75 Å². The van der Waals surface area contributed by atoms with E-state index < -0.39 is 23.8 Å². The van der Waals surface area contributed by atoms with Gasteiger partial charge in [-0.05, 0) is 48.9 Å². The number of halogens is 4. The number of hydrogen-bond donors (Lipinski definition) is 1. The molecule has 0 saturated heterocycles. The molecular weight excluding hydrogens is 343 g/mol. The lowest BCUT2D eigenvalue weighted by molar-refractivity contribution is -0.137. The van der Waals surface area contributed by atoms with Crippen LogP contribution in [-0.4, -0.2) is 12.0 Å². The van der Waals surface area contributed by atoms with E-state index in [1.54, 1.807) is 31.2 Å². The molecule has 1 atom stereocenters. The molecule has 2 aromatic carbocycles. The van der Waals surface area contributed by atoms with Crippen LogP contribution in [0, 0.1) is 0 Å². The third kappa shape index (κ3) is 4.89. The molecule has 0 bridgehead atoms. The number of nitrogens with one attached hydrogen (secondary N) is 1. The molecule has 0 heterocycles. The largest absolute Gasteiger partial charge is 0.481 e. The summed E-state index contributed by atoms with van der Waals surface area (Å²) in [6, 6.07) is 10.8. The second-order valence-corrected chi connectivity index (χ2v) is 5.47. The predicted molar refractivity (Wildman–Crippen MR) is 86.2 cm³/mol. The van der Waals surface area contributed by atoms with Crippen LogP contribution in [0.25, 0.3) is 0 Å². The lowest BCUT2D eigenvalue weighted by Crippen LogP contribution is -2.32. The van der Waals surface area contributed by atoms with Gasteiger partial charge in [-0.3, -0.25) is 4.79 Å². The van der Waals surface area contributed by atoms with Crippen molar-refractivity contribution in [3.05, 3.63) is 59.1 Å². The topological polar surface area (TPSA) is 38.3 Å². The predicted octanol–water partition coefficient (Wildman–Crippen LogP) is 5.15. The number of carbonyl (C=O) groups excluding carboxylic acids is 1. The van der Waals surface area contributed by atoms with Crippen molar-refractivity contribution < 1.29 is 22.7 Å².